The molecular formula is C20H27ClN4O3. The number of anilines is 1. The van der Waals surface area contributed by atoms with Gasteiger partial charge in [-0.15, -0.1) is 0 Å². The van der Waals surface area contributed by atoms with Gasteiger partial charge in [-0.25, -0.2) is 4.79 Å². The zero-order valence-electron chi connectivity index (χ0n) is 16.4. The van der Waals surface area contributed by atoms with E-state index in [2.05, 4.69) is 15.5 Å². The molecule has 152 valence electrons. The Bertz CT molecular complexity index is 782. The molecule has 2 heterocycles. The summed E-state index contributed by atoms with van der Waals surface area (Å²) in [5.41, 5.74) is 0.949. The van der Waals surface area contributed by atoms with Crippen LogP contribution < -0.4 is 20.3 Å². The number of nitrogens with zero attached hydrogens (tertiary/aromatic N) is 2. The lowest BCUT2D eigenvalue weighted by atomic mass is 10.2. The summed E-state index contributed by atoms with van der Waals surface area (Å²) in [5, 5.41) is 6.67. The summed E-state index contributed by atoms with van der Waals surface area (Å²) in [6.45, 7) is 2.00. The lowest BCUT2D eigenvalue weighted by Gasteiger charge is -2.24. The maximum absolute atomic E-state index is 12.4. The number of likely N-dealkylation sites (N-methyl/N-ethyl adjacent to an activating group) is 1. The Labute approximate surface area is 170 Å². The summed E-state index contributed by atoms with van der Waals surface area (Å²) in [6, 6.07) is 9.20. The van der Waals surface area contributed by atoms with Gasteiger partial charge in [0.05, 0.1) is 25.1 Å². The SMILES string of the molecule is COc1ccc(Cl)cc1N1CCC(NC(=O)NCC(c2ccco2)N(C)C)C1. The van der Waals surface area contributed by atoms with Gasteiger partial charge >= 0.3 is 6.03 Å². The lowest BCUT2D eigenvalue weighted by Crippen LogP contribution is -2.45. The Kier molecular flexibility index (Phi) is 6.70. The number of carbonyl (C=O) groups is 1. The number of furan rings is 1. The summed E-state index contributed by atoms with van der Waals surface area (Å²) in [7, 11) is 5.56. The normalized spacial score (nSPS) is 17.6. The van der Waals surface area contributed by atoms with Gasteiger partial charge in [-0.3, -0.25) is 4.90 Å². The molecule has 7 nitrogen and oxygen atoms in total. The summed E-state index contributed by atoms with van der Waals surface area (Å²) in [4.78, 5) is 16.6. The fourth-order valence-electron chi connectivity index (χ4n) is 3.45. The lowest BCUT2D eigenvalue weighted by molar-refractivity contribution is 0.223. The number of amides is 2. The van der Waals surface area contributed by atoms with Crippen molar-refractivity contribution >= 4 is 23.3 Å². The first-order valence-electron chi connectivity index (χ1n) is 9.30. The van der Waals surface area contributed by atoms with Crippen LogP contribution in [0.25, 0.3) is 0 Å². The van der Waals surface area contributed by atoms with Crippen LogP contribution in [0.2, 0.25) is 5.02 Å². The van der Waals surface area contributed by atoms with Crippen LogP contribution >= 0.6 is 11.6 Å². The minimum Gasteiger partial charge on any atom is -0.495 e. The average Bonchev–Trinajstić information content (AvgIpc) is 3.34. The summed E-state index contributed by atoms with van der Waals surface area (Å²) < 4.78 is 10.9. The number of halogens is 1. The standard InChI is InChI=1S/C20H27ClN4O3/c1-24(2)17(19-5-4-10-28-19)12-22-20(26)23-15-8-9-25(13-15)16-11-14(21)6-7-18(16)27-3/h4-7,10-11,15,17H,8-9,12-13H2,1-3H3,(H2,22,23,26). The topological polar surface area (TPSA) is 70.0 Å². The number of methoxy groups -OCH3 is 1. The molecule has 0 spiro atoms. The van der Waals surface area contributed by atoms with E-state index in [9.17, 15) is 4.79 Å². The molecule has 1 saturated heterocycles. The van der Waals surface area contributed by atoms with Crippen molar-refractivity contribution in [2.75, 3.05) is 45.7 Å². The predicted octanol–water partition coefficient (Wildman–Crippen LogP) is 3.12. The van der Waals surface area contributed by atoms with Gasteiger partial charge in [0.15, 0.2) is 0 Å². The number of carbonyl (C=O) groups excluding carboxylic acids is 1. The van der Waals surface area contributed by atoms with Crippen LogP contribution in [0.4, 0.5) is 10.5 Å². The number of hydrogen-bond acceptors (Lipinski definition) is 5. The van der Waals surface area contributed by atoms with Crippen molar-refractivity contribution in [3.63, 3.8) is 0 Å². The largest absolute Gasteiger partial charge is 0.495 e. The Morgan fingerprint density at radius 1 is 1.43 bits per heavy atom. The van der Waals surface area contributed by atoms with Crippen LogP contribution in [0, 0.1) is 0 Å². The molecule has 0 aliphatic carbocycles. The third-order valence-corrected chi connectivity index (χ3v) is 5.19. The molecule has 2 aromatic rings. The number of benzene rings is 1. The van der Waals surface area contributed by atoms with E-state index in [1.165, 1.54) is 0 Å². The summed E-state index contributed by atoms with van der Waals surface area (Å²) in [6.07, 6.45) is 2.50. The third-order valence-electron chi connectivity index (χ3n) is 4.96. The first-order valence-corrected chi connectivity index (χ1v) is 9.68. The predicted molar refractivity (Wildman–Crippen MR) is 110 cm³/mol. The number of urea groups is 1. The molecule has 1 aliphatic heterocycles. The molecule has 2 unspecified atom stereocenters. The highest BCUT2D eigenvalue weighted by Gasteiger charge is 2.26. The molecule has 8 heteroatoms. The fourth-order valence-corrected chi connectivity index (χ4v) is 3.62. The molecule has 1 aromatic carbocycles. The Balaban J connectivity index is 1.53. The van der Waals surface area contributed by atoms with Crippen LogP contribution in [-0.2, 0) is 0 Å². The molecule has 28 heavy (non-hydrogen) atoms. The summed E-state index contributed by atoms with van der Waals surface area (Å²) >= 11 is 6.14. The van der Waals surface area contributed by atoms with E-state index in [1.54, 1.807) is 13.4 Å². The van der Waals surface area contributed by atoms with Gasteiger partial charge in [0.1, 0.15) is 11.5 Å². The highest BCUT2D eigenvalue weighted by Crippen LogP contribution is 2.33. The maximum atomic E-state index is 12.4. The summed E-state index contributed by atoms with van der Waals surface area (Å²) in [5.74, 6) is 1.60. The highest BCUT2D eigenvalue weighted by molar-refractivity contribution is 6.30. The van der Waals surface area contributed by atoms with Crippen molar-refractivity contribution in [1.29, 1.82) is 0 Å². The van der Waals surface area contributed by atoms with Gasteiger partial charge in [0, 0.05) is 30.7 Å². The average molecular weight is 407 g/mol. The van der Waals surface area contributed by atoms with E-state index in [0.29, 0.717) is 18.1 Å². The molecule has 1 fully saturated rings. The first-order chi connectivity index (χ1) is 13.5. The molecule has 2 atom stereocenters. The van der Waals surface area contributed by atoms with Crippen molar-refractivity contribution in [2.45, 2.75) is 18.5 Å². The zero-order valence-corrected chi connectivity index (χ0v) is 17.2. The molecule has 1 aromatic heterocycles. The second-order valence-electron chi connectivity index (χ2n) is 7.10. The van der Waals surface area contributed by atoms with Gasteiger partial charge in [-0.05, 0) is 50.8 Å². The van der Waals surface area contributed by atoms with Gasteiger partial charge in [0.25, 0.3) is 0 Å². The van der Waals surface area contributed by atoms with E-state index in [0.717, 1.165) is 30.2 Å². The minimum absolute atomic E-state index is 0.0171. The first kappa shape index (κ1) is 20.4. The second-order valence-corrected chi connectivity index (χ2v) is 7.53. The quantitative estimate of drug-likeness (QED) is 0.739. The number of nitrogens with one attached hydrogen (secondary N) is 2. The zero-order chi connectivity index (χ0) is 20.1. The van der Waals surface area contributed by atoms with E-state index in [4.69, 9.17) is 20.8 Å². The smallest absolute Gasteiger partial charge is 0.315 e. The second kappa shape index (κ2) is 9.21. The molecule has 2 amide bonds. The maximum Gasteiger partial charge on any atom is 0.315 e. The van der Waals surface area contributed by atoms with Gasteiger partial charge in [-0.1, -0.05) is 11.6 Å². The highest BCUT2D eigenvalue weighted by atomic mass is 35.5. The number of hydrogen-bond donors (Lipinski definition) is 2. The van der Waals surface area contributed by atoms with Crippen molar-refractivity contribution in [3.8, 4) is 5.75 Å². The molecule has 2 N–H and O–H groups in total. The van der Waals surface area contributed by atoms with Crippen LogP contribution in [0.15, 0.2) is 41.0 Å². The minimum atomic E-state index is -0.177. The van der Waals surface area contributed by atoms with Crippen molar-refractivity contribution < 1.29 is 13.9 Å². The number of ether oxygens (including phenoxy) is 1. The third kappa shape index (κ3) is 4.91. The molecule has 1 aliphatic rings. The van der Waals surface area contributed by atoms with Crippen LogP contribution in [0.1, 0.15) is 18.2 Å². The van der Waals surface area contributed by atoms with E-state index >= 15 is 0 Å². The molecule has 0 radical (unpaired) electrons. The van der Waals surface area contributed by atoms with Crippen molar-refractivity contribution in [1.82, 2.24) is 15.5 Å². The molecular weight excluding hydrogens is 380 g/mol. The molecule has 0 bridgehead atoms. The number of rotatable bonds is 7. The van der Waals surface area contributed by atoms with Gasteiger partial charge in [0.2, 0.25) is 0 Å². The van der Waals surface area contributed by atoms with Crippen LogP contribution in [-0.4, -0.2) is 57.8 Å². The Hall–Kier alpha value is -2.38. The van der Waals surface area contributed by atoms with Gasteiger partial charge < -0.3 is 24.7 Å². The van der Waals surface area contributed by atoms with Crippen LogP contribution in [0.3, 0.4) is 0 Å². The Morgan fingerprint density at radius 3 is 2.93 bits per heavy atom. The monoisotopic (exact) mass is 406 g/mol. The van der Waals surface area contributed by atoms with Crippen molar-refractivity contribution in [3.05, 3.63) is 47.4 Å². The van der Waals surface area contributed by atoms with E-state index in [1.807, 2.05) is 49.3 Å². The fraction of sp³-hybridized carbons (Fsp3) is 0.450. The van der Waals surface area contributed by atoms with Gasteiger partial charge in [-0.2, -0.15) is 0 Å². The molecule has 0 saturated carbocycles. The van der Waals surface area contributed by atoms with Crippen molar-refractivity contribution in [2.24, 2.45) is 0 Å². The van der Waals surface area contributed by atoms with E-state index < -0.39 is 0 Å². The molecule has 3 rings (SSSR count). The van der Waals surface area contributed by atoms with Crippen LogP contribution in [0.5, 0.6) is 5.75 Å². The Morgan fingerprint density at radius 2 is 2.25 bits per heavy atom. The van der Waals surface area contributed by atoms with E-state index in [-0.39, 0.29) is 18.1 Å².